The molecule has 23 heavy (non-hydrogen) atoms. The number of rotatable bonds is 4. The molecular weight excluding hydrogens is 340 g/mol. The maximum absolute atomic E-state index is 12.3. The average molecular weight is 361 g/mol. The lowest BCUT2D eigenvalue weighted by atomic mass is 10.2. The molecule has 0 radical (unpaired) electrons. The average Bonchev–Trinajstić information content (AvgIpc) is 2.65. The van der Waals surface area contributed by atoms with E-state index in [1.54, 1.807) is 12.1 Å². The molecule has 0 fully saturated rings. The lowest BCUT2D eigenvalue weighted by molar-refractivity contribution is -0.128. The fourth-order valence-corrected chi connectivity index (χ4v) is 3.42. The molecule has 0 unspecified atom stereocenters. The van der Waals surface area contributed by atoms with E-state index < -0.39 is 16.1 Å². The number of anilines is 1. The number of hydrogen-bond donors (Lipinski definition) is 1. The van der Waals surface area contributed by atoms with E-state index in [9.17, 15) is 13.2 Å². The van der Waals surface area contributed by atoms with Crippen LogP contribution in [0.15, 0.2) is 18.2 Å². The van der Waals surface area contributed by atoms with Crippen LogP contribution in [0.5, 0.6) is 5.75 Å². The van der Waals surface area contributed by atoms with Gasteiger partial charge in [-0.25, -0.2) is 8.42 Å². The number of ether oxygens (including phenoxy) is 1. The van der Waals surface area contributed by atoms with Gasteiger partial charge in [0.2, 0.25) is 10.0 Å². The fraction of sp³-hybridized carbons (Fsp3) is 0.533. The Kier molecular flexibility index (Phi) is 5.41. The van der Waals surface area contributed by atoms with Gasteiger partial charge >= 0.3 is 0 Å². The zero-order valence-corrected chi connectivity index (χ0v) is 14.9. The molecule has 1 N–H and O–H groups in total. The number of carbonyl (C=O) groups excluding carboxylic acids is 1. The van der Waals surface area contributed by atoms with Gasteiger partial charge in [-0.2, -0.15) is 0 Å². The van der Waals surface area contributed by atoms with Gasteiger partial charge < -0.3 is 10.1 Å². The summed E-state index contributed by atoms with van der Waals surface area (Å²) in [5.41, 5.74) is 0.360. The molecule has 1 aliphatic heterocycles. The van der Waals surface area contributed by atoms with Crippen LogP contribution in [-0.4, -0.2) is 39.3 Å². The second kappa shape index (κ2) is 6.97. The minimum atomic E-state index is -3.49. The van der Waals surface area contributed by atoms with E-state index in [-0.39, 0.29) is 24.9 Å². The predicted molar refractivity (Wildman–Crippen MR) is 90.6 cm³/mol. The summed E-state index contributed by atoms with van der Waals surface area (Å²) < 4.78 is 31.1. The van der Waals surface area contributed by atoms with Crippen molar-refractivity contribution in [3.05, 3.63) is 23.2 Å². The summed E-state index contributed by atoms with van der Waals surface area (Å²) in [5, 5.41) is 3.27. The van der Waals surface area contributed by atoms with Crippen molar-refractivity contribution < 1.29 is 17.9 Å². The molecule has 1 heterocycles. The summed E-state index contributed by atoms with van der Waals surface area (Å²) in [5.74, 6) is 0.0947. The summed E-state index contributed by atoms with van der Waals surface area (Å²) in [6.45, 7) is 4.04. The van der Waals surface area contributed by atoms with Gasteiger partial charge in [0.05, 0.1) is 11.9 Å². The normalized spacial score (nSPS) is 19.3. The van der Waals surface area contributed by atoms with E-state index in [0.717, 1.165) is 12.7 Å². The molecule has 0 saturated heterocycles. The Labute approximate surface area is 141 Å². The number of halogens is 1. The first-order valence-electron chi connectivity index (χ1n) is 7.46. The lowest BCUT2D eigenvalue weighted by Crippen LogP contribution is -2.43. The largest absolute Gasteiger partial charge is 0.478 e. The van der Waals surface area contributed by atoms with E-state index in [1.807, 2.05) is 13.8 Å². The van der Waals surface area contributed by atoms with Gasteiger partial charge in [-0.1, -0.05) is 18.5 Å². The van der Waals surface area contributed by atoms with Gasteiger partial charge in [0, 0.05) is 24.0 Å². The second-order valence-electron chi connectivity index (χ2n) is 5.66. The first kappa shape index (κ1) is 17.9. The summed E-state index contributed by atoms with van der Waals surface area (Å²) in [6, 6.07) is 4.76. The maximum Gasteiger partial charge on any atom is 0.261 e. The molecule has 2 rings (SSSR count). The molecule has 0 spiro atoms. The fourth-order valence-electron chi connectivity index (χ4n) is 2.32. The van der Waals surface area contributed by atoms with Gasteiger partial charge in [-0.3, -0.25) is 9.10 Å². The summed E-state index contributed by atoms with van der Waals surface area (Å²) >= 11 is 5.98. The van der Waals surface area contributed by atoms with Crippen LogP contribution in [0.1, 0.15) is 26.7 Å². The van der Waals surface area contributed by atoms with Crippen LogP contribution in [0.25, 0.3) is 0 Å². The smallest absolute Gasteiger partial charge is 0.261 e. The van der Waals surface area contributed by atoms with E-state index in [1.165, 1.54) is 10.4 Å². The highest BCUT2D eigenvalue weighted by atomic mass is 35.5. The molecular formula is C15H21ClN2O4S. The summed E-state index contributed by atoms with van der Waals surface area (Å²) in [7, 11) is -3.49. The van der Waals surface area contributed by atoms with Crippen molar-refractivity contribution in [1.29, 1.82) is 0 Å². The van der Waals surface area contributed by atoms with Crippen molar-refractivity contribution in [3.63, 3.8) is 0 Å². The molecule has 0 aliphatic carbocycles. The first-order chi connectivity index (χ1) is 10.7. The summed E-state index contributed by atoms with van der Waals surface area (Å²) in [6.07, 6.45) is 1.45. The van der Waals surface area contributed by atoms with Gasteiger partial charge in [0.25, 0.3) is 5.91 Å². The van der Waals surface area contributed by atoms with Gasteiger partial charge in [-0.15, -0.1) is 0 Å². The molecule has 1 aliphatic rings. The van der Waals surface area contributed by atoms with Crippen LogP contribution in [0, 0.1) is 0 Å². The highest BCUT2D eigenvalue weighted by molar-refractivity contribution is 7.92. The van der Waals surface area contributed by atoms with Crippen LogP contribution in [0.2, 0.25) is 5.02 Å². The van der Waals surface area contributed by atoms with Gasteiger partial charge in [-0.05, 0) is 31.5 Å². The van der Waals surface area contributed by atoms with Crippen molar-refractivity contribution in [2.45, 2.75) is 38.8 Å². The minimum absolute atomic E-state index is 0.0325. The molecule has 0 saturated carbocycles. The number of fused-ring (bicyclic) bond motifs is 1. The van der Waals surface area contributed by atoms with Crippen molar-refractivity contribution >= 4 is 33.2 Å². The highest BCUT2D eigenvalue weighted by Gasteiger charge is 2.31. The maximum atomic E-state index is 12.3. The Morgan fingerprint density at radius 2 is 2.22 bits per heavy atom. The van der Waals surface area contributed by atoms with Crippen LogP contribution in [-0.2, 0) is 14.8 Å². The van der Waals surface area contributed by atoms with Crippen LogP contribution >= 0.6 is 11.6 Å². The third-order valence-corrected chi connectivity index (χ3v) is 5.16. The van der Waals surface area contributed by atoms with Crippen LogP contribution < -0.4 is 14.4 Å². The van der Waals surface area contributed by atoms with E-state index in [0.29, 0.717) is 16.5 Å². The zero-order chi connectivity index (χ0) is 17.2. The Hall–Kier alpha value is -1.47. The molecule has 8 heteroatoms. The van der Waals surface area contributed by atoms with Crippen molar-refractivity contribution in [2.75, 3.05) is 17.1 Å². The SMILES string of the molecule is CC[C@@H](C)NC(=O)[C@H]1CCN(S(C)(=O)=O)c2cc(Cl)ccc2O1. The molecule has 2 atom stereocenters. The molecule has 0 bridgehead atoms. The van der Waals surface area contributed by atoms with Crippen molar-refractivity contribution in [1.82, 2.24) is 5.32 Å². The van der Waals surface area contributed by atoms with Crippen molar-refractivity contribution in [2.24, 2.45) is 0 Å². The number of amides is 1. The molecule has 1 amide bonds. The number of nitrogens with zero attached hydrogens (tertiary/aromatic N) is 1. The minimum Gasteiger partial charge on any atom is -0.478 e. The van der Waals surface area contributed by atoms with E-state index >= 15 is 0 Å². The predicted octanol–water partition coefficient (Wildman–Crippen LogP) is 2.17. The third kappa shape index (κ3) is 4.29. The number of benzene rings is 1. The third-order valence-electron chi connectivity index (χ3n) is 3.75. The monoisotopic (exact) mass is 360 g/mol. The Morgan fingerprint density at radius 3 is 2.83 bits per heavy atom. The van der Waals surface area contributed by atoms with E-state index in [4.69, 9.17) is 16.3 Å². The number of hydrogen-bond acceptors (Lipinski definition) is 4. The molecule has 1 aromatic rings. The molecule has 128 valence electrons. The Morgan fingerprint density at radius 1 is 1.52 bits per heavy atom. The van der Waals surface area contributed by atoms with Crippen LogP contribution in [0.4, 0.5) is 5.69 Å². The lowest BCUT2D eigenvalue weighted by Gasteiger charge is -2.21. The quantitative estimate of drug-likeness (QED) is 0.892. The van der Waals surface area contributed by atoms with Gasteiger partial charge in [0.1, 0.15) is 5.75 Å². The van der Waals surface area contributed by atoms with E-state index in [2.05, 4.69) is 5.32 Å². The van der Waals surface area contributed by atoms with Gasteiger partial charge in [0.15, 0.2) is 6.10 Å². The number of nitrogens with one attached hydrogen (secondary N) is 1. The molecule has 0 aromatic heterocycles. The second-order valence-corrected chi connectivity index (χ2v) is 8.00. The number of carbonyl (C=O) groups is 1. The molecule has 6 nitrogen and oxygen atoms in total. The summed E-state index contributed by atoms with van der Waals surface area (Å²) in [4.78, 5) is 12.3. The van der Waals surface area contributed by atoms with Crippen LogP contribution in [0.3, 0.4) is 0 Å². The Bertz CT molecular complexity index is 693. The number of sulfonamides is 1. The topological polar surface area (TPSA) is 75.7 Å². The Balaban J connectivity index is 2.33. The highest BCUT2D eigenvalue weighted by Crippen LogP contribution is 2.36. The van der Waals surface area contributed by atoms with Crippen molar-refractivity contribution in [3.8, 4) is 5.75 Å². The zero-order valence-electron chi connectivity index (χ0n) is 13.4. The molecule has 1 aromatic carbocycles. The first-order valence-corrected chi connectivity index (χ1v) is 9.69. The standard InChI is InChI=1S/C15H21ClN2O4S/c1-4-10(2)17-15(19)14-7-8-18(23(3,20)21)12-9-11(16)5-6-13(12)22-14/h5-6,9-10,14H,4,7-8H2,1-3H3,(H,17,19)/t10-,14-/m1/s1.